The smallest absolute Gasteiger partial charge is 0.475 e. The second-order valence-corrected chi connectivity index (χ2v) is 8.82. The zero-order chi connectivity index (χ0) is 29.1. The molecule has 0 aliphatic carbocycles. The third-order valence-electron chi connectivity index (χ3n) is 5.88. The number of alkyl halides is 6. The highest BCUT2D eigenvalue weighted by Gasteiger charge is 2.46. The van der Waals surface area contributed by atoms with Gasteiger partial charge in [0.1, 0.15) is 5.76 Å². The molecule has 4 rings (SSSR count). The molecule has 2 aliphatic heterocycles. The second kappa shape index (κ2) is 14.3. The Morgan fingerprint density at radius 1 is 1.08 bits per heavy atom. The lowest BCUT2D eigenvalue weighted by atomic mass is 9.73. The summed E-state index contributed by atoms with van der Waals surface area (Å²) in [5.74, 6) is -4.49. The lowest BCUT2D eigenvalue weighted by Gasteiger charge is -2.50. The molecule has 39 heavy (non-hydrogen) atoms. The van der Waals surface area contributed by atoms with Gasteiger partial charge in [-0.15, -0.1) is 0 Å². The van der Waals surface area contributed by atoms with Crippen LogP contribution in [0.1, 0.15) is 30.7 Å². The molecule has 4 heterocycles. The molecule has 0 spiro atoms. The molecular weight excluding hydrogens is 542 g/mol. The van der Waals surface area contributed by atoms with Gasteiger partial charge in [0, 0.05) is 31.3 Å². The summed E-state index contributed by atoms with van der Waals surface area (Å²) in [5.41, 5.74) is 1.06. The van der Waals surface area contributed by atoms with Crippen LogP contribution < -0.4 is 0 Å². The van der Waals surface area contributed by atoms with Crippen molar-refractivity contribution < 1.29 is 60.0 Å². The van der Waals surface area contributed by atoms with Crippen molar-refractivity contribution in [3.63, 3.8) is 0 Å². The van der Waals surface area contributed by atoms with Gasteiger partial charge in [-0.1, -0.05) is 6.07 Å². The van der Waals surface area contributed by atoms with Gasteiger partial charge in [0.15, 0.2) is 0 Å². The van der Waals surface area contributed by atoms with E-state index in [0.717, 1.165) is 63.6 Å². The van der Waals surface area contributed by atoms with Crippen LogP contribution in [0.2, 0.25) is 0 Å². The van der Waals surface area contributed by atoms with Gasteiger partial charge in [-0.25, -0.2) is 9.59 Å². The summed E-state index contributed by atoms with van der Waals surface area (Å²) in [6, 6.07) is 9.95. The SMILES string of the molecule is O=C(O)C(F)(F)F.O=C(O)C(F)(F)F.c1ccc(COCC23CCCOC2CCN(Cc2ccco2)C3)nc1. The molecule has 2 unspecified atom stereocenters. The van der Waals surface area contributed by atoms with Crippen LogP contribution in [0.5, 0.6) is 0 Å². The van der Waals surface area contributed by atoms with E-state index in [1.54, 1.807) is 6.26 Å². The number of hydrogen-bond donors (Lipinski definition) is 2. The van der Waals surface area contributed by atoms with E-state index in [2.05, 4.69) is 9.88 Å². The van der Waals surface area contributed by atoms with E-state index in [0.29, 0.717) is 12.7 Å². The second-order valence-electron chi connectivity index (χ2n) is 8.82. The standard InChI is InChI=1S/C20H26N2O3.2C2HF3O2/c1-2-9-21-17(5-1)14-23-16-20-8-4-12-25-19(20)7-10-22(15-20)13-18-6-3-11-24-18;2*3-2(4,5)1(6)7/h1-3,5-6,9,11,19H,4,7-8,10,12-16H2;2*(H,6,7). The van der Waals surface area contributed by atoms with E-state index in [1.165, 1.54) is 0 Å². The van der Waals surface area contributed by atoms with Crippen molar-refractivity contribution in [1.29, 1.82) is 0 Å². The van der Waals surface area contributed by atoms with Crippen molar-refractivity contribution >= 4 is 11.9 Å². The number of halogens is 6. The van der Waals surface area contributed by atoms with Crippen LogP contribution in [-0.2, 0) is 32.2 Å². The topological polar surface area (TPSA) is 122 Å². The van der Waals surface area contributed by atoms with Crippen LogP contribution in [-0.4, -0.2) is 76.8 Å². The Morgan fingerprint density at radius 2 is 1.74 bits per heavy atom. The minimum Gasteiger partial charge on any atom is -0.475 e. The van der Waals surface area contributed by atoms with E-state index < -0.39 is 24.3 Å². The molecule has 0 saturated carbocycles. The highest BCUT2D eigenvalue weighted by atomic mass is 19.4. The molecule has 218 valence electrons. The maximum absolute atomic E-state index is 10.6. The van der Waals surface area contributed by atoms with E-state index in [4.69, 9.17) is 33.7 Å². The highest BCUT2D eigenvalue weighted by Crippen LogP contribution is 2.41. The molecule has 2 fully saturated rings. The van der Waals surface area contributed by atoms with Crippen molar-refractivity contribution in [2.45, 2.75) is 50.9 Å². The lowest BCUT2D eigenvalue weighted by molar-refractivity contribution is -0.193. The number of carbonyl (C=O) groups is 2. The average Bonchev–Trinajstić information content (AvgIpc) is 3.37. The first-order valence-corrected chi connectivity index (χ1v) is 11.7. The summed E-state index contributed by atoms with van der Waals surface area (Å²) < 4.78 is 81.2. The van der Waals surface area contributed by atoms with Crippen molar-refractivity contribution in [1.82, 2.24) is 9.88 Å². The van der Waals surface area contributed by atoms with Crippen LogP contribution >= 0.6 is 0 Å². The van der Waals surface area contributed by atoms with Crippen molar-refractivity contribution in [3.8, 4) is 0 Å². The lowest BCUT2D eigenvalue weighted by Crippen LogP contribution is -2.56. The monoisotopic (exact) mass is 570 g/mol. The van der Waals surface area contributed by atoms with Gasteiger partial charge < -0.3 is 24.1 Å². The largest absolute Gasteiger partial charge is 0.490 e. The highest BCUT2D eigenvalue weighted by molar-refractivity contribution is 5.73. The molecule has 9 nitrogen and oxygen atoms in total. The fraction of sp³-hybridized carbons (Fsp3) is 0.542. The summed E-state index contributed by atoms with van der Waals surface area (Å²) >= 11 is 0. The minimum atomic E-state index is -5.08. The van der Waals surface area contributed by atoms with Gasteiger partial charge in [-0.3, -0.25) is 9.88 Å². The van der Waals surface area contributed by atoms with Gasteiger partial charge in [0.25, 0.3) is 0 Å². The van der Waals surface area contributed by atoms with Gasteiger partial charge >= 0.3 is 24.3 Å². The molecule has 2 atom stereocenters. The third kappa shape index (κ3) is 10.8. The maximum Gasteiger partial charge on any atom is 0.490 e. The Kier molecular flexibility index (Phi) is 11.7. The molecule has 15 heteroatoms. The Hall–Kier alpha value is -3.17. The number of rotatable bonds is 6. The summed E-state index contributed by atoms with van der Waals surface area (Å²) in [7, 11) is 0. The van der Waals surface area contributed by atoms with Crippen LogP contribution in [0.15, 0.2) is 47.2 Å². The third-order valence-corrected chi connectivity index (χ3v) is 5.88. The van der Waals surface area contributed by atoms with Crippen molar-refractivity contribution in [2.75, 3.05) is 26.3 Å². The summed E-state index contributed by atoms with van der Waals surface area (Å²) in [5, 5.41) is 14.2. The fourth-order valence-corrected chi connectivity index (χ4v) is 4.19. The van der Waals surface area contributed by atoms with Crippen LogP contribution in [0, 0.1) is 5.41 Å². The number of carboxylic acid groups (broad SMARTS) is 2. The number of piperidine rings is 1. The molecule has 2 aromatic rings. The number of carboxylic acids is 2. The van der Waals surface area contributed by atoms with Crippen LogP contribution in [0.4, 0.5) is 26.3 Å². The number of pyridine rings is 1. The minimum absolute atomic E-state index is 0.0812. The van der Waals surface area contributed by atoms with Crippen LogP contribution in [0.3, 0.4) is 0 Å². The van der Waals surface area contributed by atoms with E-state index >= 15 is 0 Å². The molecule has 0 amide bonds. The number of nitrogens with zero attached hydrogens (tertiary/aromatic N) is 2. The predicted molar refractivity (Wildman–Crippen MR) is 121 cm³/mol. The first kappa shape index (κ1) is 32.0. The van der Waals surface area contributed by atoms with Crippen molar-refractivity contribution in [3.05, 3.63) is 54.2 Å². The molecular formula is C24H28F6N2O7. The van der Waals surface area contributed by atoms with Gasteiger partial charge in [0.2, 0.25) is 0 Å². The number of hydrogen-bond acceptors (Lipinski definition) is 7. The summed E-state index contributed by atoms with van der Waals surface area (Å²) in [6.45, 7) is 5.08. The van der Waals surface area contributed by atoms with Gasteiger partial charge in [-0.05, 0) is 43.5 Å². The first-order chi connectivity index (χ1) is 18.2. The number of aromatic nitrogens is 1. The fourth-order valence-electron chi connectivity index (χ4n) is 4.19. The van der Waals surface area contributed by atoms with E-state index in [1.807, 2.05) is 36.5 Å². The molecule has 0 radical (unpaired) electrons. The Morgan fingerprint density at radius 3 is 2.28 bits per heavy atom. The van der Waals surface area contributed by atoms with E-state index in [9.17, 15) is 26.3 Å². The predicted octanol–water partition coefficient (Wildman–Crippen LogP) is 4.53. The normalized spacial score (nSPS) is 21.4. The summed E-state index contributed by atoms with van der Waals surface area (Å²) in [6.07, 6.45) is -2.97. The molecule has 2 N–H and O–H groups in total. The Bertz CT molecular complexity index is 994. The number of aliphatic carboxylic acids is 2. The Labute approximate surface area is 219 Å². The van der Waals surface area contributed by atoms with Gasteiger partial charge in [0.05, 0.1) is 37.8 Å². The number of furan rings is 1. The zero-order valence-electron chi connectivity index (χ0n) is 20.6. The van der Waals surface area contributed by atoms with Crippen molar-refractivity contribution in [2.24, 2.45) is 5.41 Å². The number of likely N-dealkylation sites (tertiary alicyclic amines) is 1. The molecule has 0 aromatic carbocycles. The number of ether oxygens (including phenoxy) is 2. The Balaban J connectivity index is 0.000000317. The van der Waals surface area contributed by atoms with E-state index in [-0.39, 0.29) is 5.41 Å². The zero-order valence-corrected chi connectivity index (χ0v) is 20.6. The molecule has 2 aromatic heterocycles. The van der Waals surface area contributed by atoms with Crippen LogP contribution in [0.25, 0.3) is 0 Å². The quantitative estimate of drug-likeness (QED) is 0.483. The summed E-state index contributed by atoms with van der Waals surface area (Å²) in [4.78, 5) is 24.6. The van der Waals surface area contributed by atoms with Gasteiger partial charge in [-0.2, -0.15) is 26.3 Å². The first-order valence-electron chi connectivity index (χ1n) is 11.7. The number of fused-ring (bicyclic) bond motifs is 1. The molecule has 2 aliphatic rings. The average molecular weight is 570 g/mol. The molecule has 2 saturated heterocycles. The maximum atomic E-state index is 10.6. The molecule has 0 bridgehead atoms.